The van der Waals surface area contributed by atoms with Crippen LogP contribution >= 0.6 is 0 Å². The number of methoxy groups -OCH3 is 2. The number of rotatable bonds is 16. The van der Waals surface area contributed by atoms with E-state index in [9.17, 15) is 4.79 Å². The zero-order valence-electron chi connectivity index (χ0n) is 22.1. The first kappa shape index (κ1) is 27.9. The summed E-state index contributed by atoms with van der Waals surface area (Å²) >= 11 is 0. The first-order valence-electron chi connectivity index (χ1n) is 13.0. The van der Waals surface area contributed by atoms with Gasteiger partial charge < -0.3 is 19.5 Å². The number of carbonyl (C=O) groups is 1. The Kier molecular flexibility index (Phi) is 11.6. The summed E-state index contributed by atoms with van der Waals surface area (Å²) in [5.74, 6) is 1.60. The van der Waals surface area contributed by atoms with E-state index in [-0.39, 0.29) is 11.9 Å². The molecule has 0 fully saturated rings. The summed E-state index contributed by atoms with van der Waals surface area (Å²) in [5.41, 5.74) is 3.21. The minimum Gasteiger partial charge on any atom is -0.497 e. The Labute approximate surface area is 219 Å². The van der Waals surface area contributed by atoms with Crippen molar-refractivity contribution in [2.75, 3.05) is 26.1 Å². The number of benzene rings is 1. The van der Waals surface area contributed by atoms with Gasteiger partial charge in [0.05, 0.1) is 27.2 Å². The molecule has 198 valence electrons. The number of aryl methyl sites for hydroxylation is 1. The lowest BCUT2D eigenvalue weighted by Crippen LogP contribution is -2.11. The molecule has 37 heavy (non-hydrogen) atoms. The molecule has 0 aliphatic heterocycles. The highest BCUT2D eigenvalue weighted by molar-refractivity contribution is 5.70. The maximum absolute atomic E-state index is 12.1. The molecule has 3 rings (SSSR count). The molecule has 0 bridgehead atoms. The number of carbonyl (C=O) groups excluding carboxylic acids is 1. The van der Waals surface area contributed by atoms with Crippen molar-refractivity contribution in [3.05, 3.63) is 71.7 Å². The molecule has 0 aliphatic carbocycles. The fourth-order valence-electron chi connectivity index (χ4n) is 4.15. The van der Waals surface area contributed by atoms with Crippen LogP contribution in [0, 0.1) is 0 Å². The molecule has 8 heteroatoms. The van der Waals surface area contributed by atoms with E-state index in [4.69, 9.17) is 19.2 Å². The van der Waals surface area contributed by atoms with E-state index in [1.54, 1.807) is 19.5 Å². The molecule has 0 aliphatic rings. The molecule has 3 aromatic rings. The summed E-state index contributed by atoms with van der Waals surface area (Å²) in [6.07, 6.45) is 9.95. The number of aromatic nitrogens is 3. The van der Waals surface area contributed by atoms with E-state index in [0.717, 1.165) is 61.3 Å². The van der Waals surface area contributed by atoms with Crippen molar-refractivity contribution in [2.45, 2.75) is 64.3 Å². The van der Waals surface area contributed by atoms with E-state index in [1.807, 2.05) is 25.1 Å². The van der Waals surface area contributed by atoms with Gasteiger partial charge in [0, 0.05) is 24.6 Å². The lowest BCUT2D eigenvalue weighted by atomic mass is 9.92. The van der Waals surface area contributed by atoms with Gasteiger partial charge in [-0.25, -0.2) is 15.0 Å². The molecule has 0 unspecified atom stereocenters. The zero-order chi connectivity index (χ0) is 26.3. The van der Waals surface area contributed by atoms with Crippen LogP contribution in [-0.2, 0) is 22.5 Å². The summed E-state index contributed by atoms with van der Waals surface area (Å²) in [5, 5.41) is 3.40. The normalized spacial score (nSPS) is 11.5. The Balaban J connectivity index is 1.40. The molecule has 2 aromatic heterocycles. The van der Waals surface area contributed by atoms with Gasteiger partial charge in [0.1, 0.15) is 11.6 Å². The second-order valence-corrected chi connectivity index (χ2v) is 8.88. The maximum atomic E-state index is 12.1. The van der Waals surface area contributed by atoms with E-state index < -0.39 is 0 Å². The summed E-state index contributed by atoms with van der Waals surface area (Å²) in [7, 11) is 3.21. The van der Waals surface area contributed by atoms with Crippen molar-refractivity contribution in [3.8, 4) is 11.8 Å². The summed E-state index contributed by atoms with van der Waals surface area (Å²) in [6, 6.07) is 14.5. The van der Waals surface area contributed by atoms with Gasteiger partial charge in [0.25, 0.3) is 0 Å². The van der Waals surface area contributed by atoms with Gasteiger partial charge >= 0.3 is 12.0 Å². The van der Waals surface area contributed by atoms with Crippen molar-refractivity contribution in [3.63, 3.8) is 0 Å². The lowest BCUT2D eigenvalue weighted by molar-refractivity contribution is -0.143. The monoisotopic (exact) mass is 506 g/mol. The van der Waals surface area contributed by atoms with E-state index in [1.165, 1.54) is 12.7 Å². The van der Waals surface area contributed by atoms with Gasteiger partial charge in [-0.1, -0.05) is 37.5 Å². The Morgan fingerprint density at radius 3 is 2.41 bits per heavy atom. The molecule has 0 saturated carbocycles. The van der Waals surface area contributed by atoms with Crippen molar-refractivity contribution in [2.24, 2.45) is 0 Å². The molecule has 1 aromatic carbocycles. The number of hydrogen-bond acceptors (Lipinski definition) is 8. The highest BCUT2D eigenvalue weighted by Crippen LogP contribution is 2.26. The van der Waals surface area contributed by atoms with E-state index in [2.05, 4.69) is 39.6 Å². The smallest absolute Gasteiger partial charge is 0.316 e. The molecule has 1 atom stereocenters. The molecule has 0 radical (unpaired) electrons. The standard InChI is InChI=1S/C29H38N4O4/c1-4-37-28(34)18-23(24-20-31-29(36-3)32-21-24)10-7-5-6-8-11-25-12-9-13-27(33-25)30-19-22-14-16-26(35-2)17-15-22/h9,12-17,20-21,23H,4-8,10-11,18-19H2,1-3H3,(H,30,33)/t23-/m0/s1. The summed E-state index contributed by atoms with van der Waals surface area (Å²) < 4.78 is 15.4. The van der Waals surface area contributed by atoms with Crippen molar-refractivity contribution < 1.29 is 19.0 Å². The van der Waals surface area contributed by atoms with Crippen LogP contribution in [0.4, 0.5) is 5.82 Å². The van der Waals surface area contributed by atoms with Gasteiger partial charge in [-0.3, -0.25) is 4.79 Å². The number of ether oxygens (including phenoxy) is 3. The number of unbranched alkanes of at least 4 members (excludes halogenated alkanes) is 3. The number of esters is 1. The lowest BCUT2D eigenvalue weighted by Gasteiger charge is -2.16. The van der Waals surface area contributed by atoms with Crippen molar-refractivity contribution >= 4 is 11.8 Å². The minimum atomic E-state index is -0.185. The topological polar surface area (TPSA) is 95.5 Å². The number of nitrogens with zero attached hydrogens (tertiary/aromatic N) is 3. The van der Waals surface area contributed by atoms with Gasteiger partial charge in [-0.2, -0.15) is 0 Å². The van der Waals surface area contributed by atoms with Gasteiger partial charge in [0.2, 0.25) is 0 Å². The molecule has 0 amide bonds. The first-order chi connectivity index (χ1) is 18.1. The molecular weight excluding hydrogens is 468 g/mol. The summed E-state index contributed by atoms with van der Waals surface area (Å²) in [4.78, 5) is 25.3. The number of pyridine rings is 1. The van der Waals surface area contributed by atoms with Gasteiger partial charge in [-0.15, -0.1) is 0 Å². The van der Waals surface area contributed by atoms with Crippen LogP contribution in [0.1, 0.15) is 68.2 Å². The quantitative estimate of drug-likeness (QED) is 0.194. The molecular formula is C29H38N4O4. The summed E-state index contributed by atoms with van der Waals surface area (Å²) in [6.45, 7) is 2.93. The van der Waals surface area contributed by atoms with Crippen molar-refractivity contribution in [1.29, 1.82) is 0 Å². The third-order valence-corrected chi connectivity index (χ3v) is 6.20. The van der Waals surface area contributed by atoms with Gasteiger partial charge in [0.15, 0.2) is 0 Å². The molecule has 0 saturated heterocycles. The fourth-order valence-corrected chi connectivity index (χ4v) is 4.15. The van der Waals surface area contributed by atoms with Crippen LogP contribution in [0.25, 0.3) is 0 Å². The third-order valence-electron chi connectivity index (χ3n) is 6.20. The van der Waals surface area contributed by atoms with E-state index in [0.29, 0.717) is 25.6 Å². The Bertz CT molecular complexity index is 1070. The Hall–Kier alpha value is -3.68. The van der Waals surface area contributed by atoms with Crippen LogP contribution in [-0.4, -0.2) is 41.7 Å². The van der Waals surface area contributed by atoms with Crippen LogP contribution < -0.4 is 14.8 Å². The molecule has 8 nitrogen and oxygen atoms in total. The second-order valence-electron chi connectivity index (χ2n) is 8.88. The van der Waals surface area contributed by atoms with Crippen LogP contribution in [0.3, 0.4) is 0 Å². The third kappa shape index (κ3) is 9.71. The average Bonchev–Trinajstić information content (AvgIpc) is 2.94. The molecule has 0 spiro atoms. The predicted molar refractivity (Wildman–Crippen MR) is 144 cm³/mol. The zero-order valence-corrected chi connectivity index (χ0v) is 22.1. The molecule has 1 N–H and O–H groups in total. The predicted octanol–water partition coefficient (Wildman–Crippen LogP) is 5.73. The Morgan fingerprint density at radius 1 is 0.946 bits per heavy atom. The largest absolute Gasteiger partial charge is 0.497 e. The Morgan fingerprint density at radius 2 is 1.70 bits per heavy atom. The highest BCUT2D eigenvalue weighted by atomic mass is 16.5. The second kappa shape index (κ2) is 15.4. The van der Waals surface area contributed by atoms with Gasteiger partial charge in [-0.05, 0) is 67.5 Å². The van der Waals surface area contributed by atoms with Crippen LogP contribution in [0.5, 0.6) is 11.8 Å². The number of anilines is 1. The number of nitrogens with one attached hydrogen (secondary N) is 1. The first-order valence-corrected chi connectivity index (χ1v) is 13.0. The average molecular weight is 507 g/mol. The van der Waals surface area contributed by atoms with Crippen LogP contribution in [0.2, 0.25) is 0 Å². The fraction of sp³-hybridized carbons (Fsp3) is 0.448. The SMILES string of the molecule is CCOC(=O)C[C@H](CCCCCCc1cccc(NCc2ccc(OC)cc2)n1)c1cnc(OC)nc1. The van der Waals surface area contributed by atoms with E-state index >= 15 is 0 Å². The molecule has 2 heterocycles. The van der Waals surface area contributed by atoms with Crippen molar-refractivity contribution in [1.82, 2.24) is 15.0 Å². The van der Waals surface area contributed by atoms with Crippen LogP contribution in [0.15, 0.2) is 54.9 Å². The minimum absolute atomic E-state index is 0.0417. The maximum Gasteiger partial charge on any atom is 0.316 e. The number of hydrogen-bond donors (Lipinski definition) is 1. The highest BCUT2D eigenvalue weighted by Gasteiger charge is 2.18.